The van der Waals surface area contributed by atoms with Crippen LogP contribution in [-0.4, -0.2) is 24.7 Å². The lowest BCUT2D eigenvalue weighted by molar-refractivity contribution is 0.187. The first-order valence-electron chi connectivity index (χ1n) is 4.71. The van der Waals surface area contributed by atoms with E-state index in [0.29, 0.717) is 5.13 Å². The van der Waals surface area contributed by atoms with E-state index in [0.717, 1.165) is 12.2 Å². The van der Waals surface area contributed by atoms with Crippen molar-refractivity contribution in [3.05, 3.63) is 11.1 Å². The lowest BCUT2D eigenvalue weighted by Gasteiger charge is -2.08. The van der Waals surface area contributed by atoms with Gasteiger partial charge in [-0.05, 0) is 13.5 Å². The summed E-state index contributed by atoms with van der Waals surface area (Å²) in [6, 6.07) is 0.194. The van der Waals surface area contributed by atoms with Crippen LogP contribution in [0, 0.1) is 0 Å². The van der Waals surface area contributed by atoms with Gasteiger partial charge in [0.15, 0.2) is 5.13 Å². The van der Waals surface area contributed by atoms with Crippen LogP contribution in [0.2, 0.25) is 0 Å². The number of amides is 1. The highest BCUT2D eigenvalue weighted by Gasteiger charge is 2.10. The average molecular weight is 229 g/mol. The minimum Gasteiger partial charge on any atom is -0.453 e. The van der Waals surface area contributed by atoms with Gasteiger partial charge < -0.3 is 10.1 Å². The lowest BCUT2D eigenvalue weighted by atomic mass is 10.3. The summed E-state index contributed by atoms with van der Waals surface area (Å²) in [5.74, 6) is 0. The molecular weight excluding hydrogens is 214 g/mol. The number of hydrogen-bond donors (Lipinski definition) is 2. The molecule has 1 amide bonds. The van der Waals surface area contributed by atoms with Gasteiger partial charge in [0.1, 0.15) is 0 Å². The number of carbonyl (C=O) groups excluding carboxylic acids is 1. The number of thiazole rings is 1. The van der Waals surface area contributed by atoms with Crippen molar-refractivity contribution in [2.24, 2.45) is 0 Å². The molecule has 1 aromatic heterocycles. The Morgan fingerprint density at radius 1 is 1.73 bits per heavy atom. The molecule has 1 atom stereocenters. The predicted molar refractivity (Wildman–Crippen MR) is 60.2 cm³/mol. The molecule has 0 aliphatic carbocycles. The largest absolute Gasteiger partial charge is 0.453 e. The summed E-state index contributed by atoms with van der Waals surface area (Å²) in [4.78, 5) is 15.2. The van der Waals surface area contributed by atoms with Crippen LogP contribution in [0.15, 0.2) is 5.38 Å². The summed E-state index contributed by atoms with van der Waals surface area (Å²) < 4.78 is 4.47. The molecule has 84 valence electrons. The zero-order valence-corrected chi connectivity index (χ0v) is 9.85. The summed E-state index contributed by atoms with van der Waals surface area (Å²) in [5.41, 5.74) is 0.924. The highest BCUT2D eigenvalue weighted by Crippen LogP contribution is 2.20. The predicted octanol–water partition coefficient (Wildman–Crippen LogP) is 1.99. The van der Waals surface area contributed by atoms with Crippen LogP contribution < -0.4 is 10.6 Å². The molecule has 0 saturated carbocycles. The van der Waals surface area contributed by atoms with Gasteiger partial charge in [-0.2, -0.15) is 0 Å². The molecule has 0 radical (unpaired) electrons. The van der Waals surface area contributed by atoms with Gasteiger partial charge in [-0.25, -0.2) is 9.78 Å². The van der Waals surface area contributed by atoms with E-state index >= 15 is 0 Å². The van der Waals surface area contributed by atoms with Crippen molar-refractivity contribution in [3.8, 4) is 0 Å². The van der Waals surface area contributed by atoms with Crippen LogP contribution in [0.5, 0.6) is 0 Å². The number of methoxy groups -OCH3 is 1. The second-order valence-electron chi connectivity index (χ2n) is 2.97. The smallest absolute Gasteiger partial charge is 0.413 e. The van der Waals surface area contributed by atoms with E-state index in [1.807, 2.05) is 19.2 Å². The summed E-state index contributed by atoms with van der Waals surface area (Å²) in [6.45, 7) is 4.95. The molecule has 2 N–H and O–H groups in total. The number of nitrogens with one attached hydrogen (secondary N) is 2. The molecule has 6 heteroatoms. The van der Waals surface area contributed by atoms with E-state index in [1.165, 1.54) is 18.4 Å². The quantitative estimate of drug-likeness (QED) is 0.828. The van der Waals surface area contributed by atoms with Gasteiger partial charge in [-0.3, -0.25) is 5.32 Å². The Bertz CT molecular complexity index is 327. The van der Waals surface area contributed by atoms with E-state index in [-0.39, 0.29) is 6.04 Å². The highest BCUT2D eigenvalue weighted by atomic mass is 32.1. The van der Waals surface area contributed by atoms with Gasteiger partial charge in [0.05, 0.1) is 12.8 Å². The number of carbonyl (C=O) groups is 1. The first kappa shape index (κ1) is 11.9. The molecule has 0 aromatic carbocycles. The van der Waals surface area contributed by atoms with Gasteiger partial charge in [-0.1, -0.05) is 6.92 Å². The van der Waals surface area contributed by atoms with Gasteiger partial charge >= 0.3 is 6.09 Å². The Labute approximate surface area is 92.9 Å². The fraction of sp³-hybridized carbons (Fsp3) is 0.556. The van der Waals surface area contributed by atoms with Gasteiger partial charge in [0.2, 0.25) is 0 Å². The van der Waals surface area contributed by atoms with Crippen molar-refractivity contribution in [2.45, 2.75) is 19.9 Å². The van der Waals surface area contributed by atoms with Crippen molar-refractivity contribution in [1.29, 1.82) is 0 Å². The molecule has 0 fully saturated rings. The molecule has 0 bridgehead atoms. The molecule has 1 unspecified atom stereocenters. The van der Waals surface area contributed by atoms with Crippen molar-refractivity contribution in [1.82, 2.24) is 10.3 Å². The average Bonchev–Trinajstić information content (AvgIpc) is 2.66. The molecular formula is C9H15N3O2S. The van der Waals surface area contributed by atoms with E-state index in [1.54, 1.807) is 0 Å². The lowest BCUT2D eigenvalue weighted by Crippen LogP contribution is -2.18. The maximum atomic E-state index is 10.9. The summed E-state index contributed by atoms with van der Waals surface area (Å²) in [5, 5.41) is 8.24. The summed E-state index contributed by atoms with van der Waals surface area (Å²) in [7, 11) is 1.32. The molecule has 15 heavy (non-hydrogen) atoms. The third-order valence-corrected chi connectivity index (χ3v) is 2.65. The number of nitrogens with zero attached hydrogens (tertiary/aromatic N) is 1. The van der Waals surface area contributed by atoms with E-state index < -0.39 is 6.09 Å². The number of ether oxygens (including phenoxy) is 1. The van der Waals surface area contributed by atoms with Gasteiger partial charge in [-0.15, -0.1) is 11.3 Å². The molecule has 1 aromatic rings. The highest BCUT2D eigenvalue weighted by molar-refractivity contribution is 7.13. The maximum Gasteiger partial charge on any atom is 0.413 e. The van der Waals surface area contributed by atoms with Gasteiger partial charge in [0, 0.05) is 11.4 Å². The van der Waals surface area contributed by atoms with E-state index in [9.17, 15) is 4.79 Å². The summed E-state index contributed by atoms with van der Waals surface area (Å²) in [6.07, 6.45) is -0.494. The van der Waals surface area contributed by atoms with E-state index in [2.05, 4.69) is 20.4 Å². The molecule has 0 saturated heterocycles. The minimum absolute atomic E-state index is 0.194. The molecule has 1 rings (SSSR count). The SMILES string of the molecule is CCNC(C)c1csc(NC(=O)OC)n1. The molecule has 0 aliphatic rings. The molecule has 5 nitrogen and oxygen atoms in total. The van der Waals surface area contributed by atoms with Crippen molar-refractivity contribution in [3.63, 3.8) is 0 Å². The minimum atomic E-state index is -0.494. The fourth-order valence-electron chi connectivity index (χ4n) is 1.09. The zero-order chi connectivity index (χ0) is 11.3. The molecule has 0 aliphatic heterocycles. The van der Waals surface area contributed by atoms with Crippen LogP contribution in [0.1, 0.15) is 25.6 Å². The Morgan fingerprint density at radius 2 is 2.47 bits per heavy atom. The normalized spacial score (nSPS) is 12.2. The molecule has 0 spiro atoms. The van der Waals surface area contributed by atoms with Crippen LogP contribution in [0.3, 0.4) is 0 Å². The second-order valence-corrected chi connectivity index (χ2v) is 3.83. The van der Waals surface area contributed by atoms with Crippen molar-refractivity contribution >= 4 is 22.6 Å². The topological polar surface area (TPSA) is 63.2 Å². The van der Waals surface area contributed by atoms with Crippen LogP contribution >= 0.6 is 11.3 Å². The number of anilines is 1. The monoisotopic (exact) mass is 229 g/mol. The summed E-state index contributed by atoms with van der Waals surface area (Å²) >= 11 is 1.38. The third kappa shape index (κ3) is 3.49. The van der Waals surface area contributed by atoms with Crippen molar-refractivity contribution in [2.75, 3.05) is 19.0 Å². The Morgan fingerprint density at radius 3 is 3.07 bits per heavy atom. The zero-order valence-electron chi connectivity index (χ0n) is 9.03. The van der Waals surface area contributed by atoms with Gasteiger partial charge in [0.25, 0.3) is 0 Å². The number of aromatic nitrogens is 1. The van der Waals surface area contributed by atoms with Crippen LogP contribution in [0.4, 0.5) is 9.93 Å². The second kappa shape index (κ2) is 5.67. The first-order chi connectivity index (χ1) is 7.17. The Kier molecular flexibility index (Phi) is 4.51. The van der Waals surface area contributed by atoms with Crippen LogP contribution in [-0.2, 0) is 4.74 Å². The van der Waals surface area contributed by atoms with Crippen molar-refractivity contribution < 1.29 is 9.53 Å². The number of hydrogen-bond acceptors (Lipinski definition) is 5. The van der Waals surface area contributed by atoms with Crippen LogP contribution in [0.25, 0.3) is 0 Å². The Balaban J connectivity index is 2.59. The fourth-order valence-corrected chi connectivity index (χ4v) is 1.88. The number of rotatable bonds is 4. The Hall–Kier alpha value is -1.14. The standard InChI is InChI=1S/C9H15N3O2S/c1-4-10-6(2)7-5-15-8(11-7)12-9(13)14-3/h5-6,10H,4H2,1-3H3,(H,11,12,13). The van der Waals surface area contributed by atoms with E-state index in [4.69, 9.17) is 0 Å². The molecule has 1 heterocycles. The maximum absolute atomic E-state index is 10.9. The third-order valence-electron chi connectivity index (χ3n) is 1.87. The first-order valence-corrected chi connectivity index (χ1v) is 5.59.